The van der Waals surface area contributed by atoms with Gasteiger partial charge < -0.3 is 10.1 Å². The van der Waals surface area contributed by atoms with E-state index in [0.29, 0.717) is 16.8 Å². The van der Waals surface area contributed by atoms with Gasteiger partial charge in [-0.1, -0.05) is 12.1 Å². The molecule has 0 aliphatic carbocycles. The summed E-state index contributed by atoms with van der Waals surface area (Å²) in [4.78, 5) is 19.3. The van der Waals surface area contributed by atoms with Crippen LogP contribution >= 0.6 is 0 Å². The van der Waals surface area contributed by atoms with Crippen molar-refractivity contribution in [3.63, 3.8) is 0 Å². The van der Waals surface area contributed by atoms with Gasteiger partial charge in [-0.15, -0.1) is 0 Å². The van der Waals surface area contributed by atoms with E-state index in [9.17, 15) is 9.90 Å². The minimum atomic E-state index is -0.379. The normalized spacial score (nSPS) is 10.7. The quantitative estimate of drug-likeness (QED) is 0.593. The van der Waals surface area contributed by atoms with Gasteiger partial charge in [-0.3, -0.25) is 9.78 Å². The minimum Gasteiger partial charge on any atom is -0.493 e. The zero-order valence-electron chi connectivity index (χ0n) is 13.5. The molecular formula is C19H13N5O2. The molecule has 0 saturated heterocycles. The lowest BCUT2D eigenvalue weighted by molar-refractivity contribution is 0.428. The van der Waals surface area contributed by atoms with Gasteiger partial charge in [0.05, 0.1) is 23.4 Å². The number of nitriles is 1. The molecule has 0 bridgehead atoms. The molecule has 0 unspecified atom stereocenters. The van der Waals surface area contributed by atoms with Crippen molar-refractivity contribution in [1.82, 2.24) is 19.6 Å². The zero-order valence-corrected chi connectivity index (χ0v) is 13.5. The van der Waals surface area contributed by atoms with E-state index in [-0.39, 0.29) is 23.4 Å². The first-order valence-corrected chi connectivity index (χ1v) is 7.88. The van der Waals surface area contributed by atoms with E-state index in [0.717, 1.165) is 11.1 Å². The fraction of sp³-hybridized carbons (Fsp3) is 0.0526. The first-order valence-electron chi connectivity index (χ1n) is 7.88. The summed E-state index contributed by atoms with van der Waals surface area (Å²) in [7, 11) is 0. The molecule has 0 aliphatic rings. The molecule has 3 heterocycles. The van der Waals surface area contributed by atoms with Gasteiger partial charge in [-0.2, -0.15) is 14.9 Å². The van der Waals surface area contributed by atoms with Crippen molar-refractivity contribution in [3.8, 4) is 23.1 Å². The molecule has 0 saturated carbocycles. The first kappa shape index (κ1) is 15.6. The Balaban J connectivity index is 1.80. The second-order valence-corrected chi connectivity index (χ2v) is 5.80. The van der Waals surface area contributed by atoms with Crippen LogP contribution in [0.1, 0.15) is 16.7 Å². The molecule has 7 nitrogen and oxygen atoms in total. The highest BCUT2D eigenvalue weighted by Gasteiger charge is 2.16. The maximum Gasteiger partial charge on any atom is 0.258 e. The molecule has 0 aliphatic heterocycles. The molecule has 0 amide bonds. The van der Waals surface area contributed by atoms with Gasteiger partial charge in [-0.25, -0.2) is 0 Å². The summed E-state index contributed by atoms with van der Waals surface area (Å²) in [5.74, 6) is -0.201. The van der Waals surface area contributed by atoms with Crippen LogP contribution in [0.4, 0.5) is 0 Å². The van der Waals surface area contributed by atoms with Crippen LogP contribution in [0.15, 0.2) is 59.8 Å². The summed E-state index contributed by atoms with van der Waals surface area (Å²) in [5.41, 5.74) is 3.14. The highest BCUT2D eigenvalue weighted by atomic mass is 16.3. The monoisotopic (exact) mass is 343 g/mol. The Morgan fingerprint density at radius 1 is 1.15 bits per heavy atom. The van der Waals surface area contributed by atoms with Crippen LogP contribution < -0.4 is 5.56 Å². The van der Waals surface area contributed by atoms with Crippen LogP contribution in [0, 0.1) is 11.3 Å². The van der Waals surface area contributed by atoms with Crippen molar-refractivity contribution in [3.05, 3.63) is 82.0 Å². The topological polar surface area (TPSA) is 107 Å². The average Bonchev–Trinajstić information content (AvgIpc) is 3.10. The zero-order chi connectivity index (χ0) is 18.1. The Kier molecular flexibility index (Phi) is 3.71. The lowest BCUT2D eigenvalue weighted by Crippen LogP contribution is -2.16. The number of hydrogen-bond acceptors (Lipinski definition) is 5. The lowest BCUT2D eigenvalue weighted by Gasteiger charge is -2.07. The van der Waals surface area contributed by atoms with E-state index < -0.39 is 0 Å². The molecule has 0 radical (unpaired) electrons. The third kappa shape index (κ3) is 2.59. The molecule has 1 aromatic carbocycles. The summed E-state index contributed by atoms with van der Waals surface area (Å²) < 4.78 is 1.32. The Morgan fingerprint density at radius 3 is 2.58 bits per heavy atom. The molecule has 7 heteroatoms. The highest BCUT2D eigenvalue weighted by Crippen LogP contribution is 2.26. The number of nitrogens with one attached hydrogen (secondary N) is 1. The van der Waals surface area contributed by atoms with Gasteiger partial charge in [0, 0.05) is 24.4 Å². The van der Waals surface area contributed by atoms with E-state index in [1.165, 1.54) is 4.52 Å². The number of pyridine rings is 1. The van der Waals surface area contributed by atoms with E-state index >= 15 is 0 Å². The highest BCUT2D eigenvalue weighted by molar-refractivity contribution is 5.77. The minimum absolute atomic E-state index is 0.201. The molecule has 4 aromatic rings. The Bertz CT molecular complexity index is 1190. The largest absolute Gasteiger partial charge is 0.493 e. The number of aromatic nitrogens is 4. The third-order valence-corrected chi connectivity index (χ3v) is 4.20. The predicted molar refractivity (Wildman–Crippen MR) is 94.7 cm³/mol. The molecule has 126 valence electrons. The number of rotatable bonds is 3. The summed E-state index contributed by atoms with van der Waals surface area (Å²) >= 11 is 0. The van der Waals surface area contributed by atoms with E-state index in [1.807, 2.05) is 6.07 Å². The van der Waals surface area contributed by atoms with Crippen LogP contribution in [0.3, 0.4) is 0 Å². The maximum absolute atomic E-state index is 12.5. The number of nitrogens with zero attached hydrogens (tertiary/aromatic N) is 4. The summed E-state index contributed by atoms with van der Waals surface area (Å²) in [6.45, 7) is 0. The van der Waals surface area contributed by atoms with E-state index in [2.05, 4.69) is 15.1 Å². The van der Waals surface area contributed by atoms with Crippen molar-refractivity contribution in [2.24, 2.45) is 0 Å². The smallest absolute Gasteiger partial charge is 0.258 e. The van der Waals surface area contributed by atoms with Crippen LogP contribution in [-0.2, 0) is 6.42 Å². The van der Waals surface area contributed by atoms with Crippen LogP contribution in [0.25, 0.3) is 16.8 Å². The molecule has 2 N–H and O–H groups in total. The number of aromatic amines is 1. The van der Waals surface area contributed by atoms with Gasteiger partial charge in [0.2, 0.25) is 5.88 Å². The predicted octanol–water partition coefficient (Wildman–Crippen LogP) is 2.25. The first-order chi connectivity index (χ1) is 12.7. The molecule has 4 rings (SSSR count). The molecule has 3 aromatic heterocycles. The van der Waals surface area contributed by atoms with Gasteiger partial charge in [0.1, 0.15) is 5.65 Å². The van der Waals surface area contributed by atoms with Crippen molar-refractivity contribution in [2.75, 3.05) is 0 Å². The standard InChI is InChI=1S/C19H13N5O2/c20-10-13-3-1-12(2-4-13)9-15-18(25)23-17-16(11-22-24(17)19(15)26)14-5-7-21-8-6-14/h1-8,11,26H,9H2,(H,23,25). The number of benzene rings is 1. The molecule has 0 fully saturated rings. The Hall–Kier alpha value is -3.92. The van der Waals surface area contributed by atoms with Gasteiger partial charge in [0.25, 0.3) is 5.56 Å². The molecule has 0 atom stereocenters. The fourth-order valence-electron chi connectivity index (χ4n) is 2.84. The van der Waals surface area contributed by atoms with Crippen LogP contribution in [0.5, 0.6) is 5.88 Å². The van der Waals surface area contributed by atoms with Crippen molar-refractivity contribution >= 4 is 5.65 Å². The third-order valence-electron chi connectivity index (χ3n) is 4.20. The van der Waals surface area contributed by atoms with E-state index in [1.54, 1.807) is 55.0 Å². The molecule has 26 heavy (non-hydrogen) atoms. The SMILES string of the molecule is N#Cc1ccc(Cc2c(O)n3ncc(-c4ccncc4)c3[nH]c2=O)cc1. The van der Waals surface area contributed by atoms with Crippen molar-refractivity contribution in [1.29, 1.82) is 5.26 Å². The van der Waals surface area contributed by atoms with Crippen LogP contribution in [0.2, 0.25) is 0 Å². The lowest BCUT2D eigenvalue weighted by atomic mass is 10.1. The second-order valence-electron chi connectivity index (χ2n) is 5.80. The van der Waals surface area contributed by atoms with E-state index in [4.69, 9.17) is 5.26 Å². The summed E-state index contributed by atoms with van der Waals surface area (Å²) in [6.07, 6.45) is 5.12. The molecule has 0 spiro atoms. The number of H-pyrrole nitrogens is 1. The van der Waals surface area contributed by atoms with Gasteiger partial charge >= 0.3 is 0 Å². The summed E-state index contributed by atoms with van der Waals surface area (Å²) in [6, 6.07) is 12.5. The number of aromatic hydroxyl groups is 1. The second kappa shape index (κ2) is 6.18. The number of fused-ring (bicyclic) bond motifs is 1. The van der Waals surface area contributed by atoms with Crippen molar-refractivity contribution in [2.45, 2.75) is 6.42 Å². The number of hydrogen-bond donors (Lipinski definition) is 2. The fourth-order valence-corrected chi connectivity index (χ4v) is 2.84. The van der Waals surface area contributed by atoms with Crippen molar-refractivity contribution < 1.29 is 5.11 Å². The summed E-state index contributed by atoms with van der Waals surface area (Å²) in [5, 5.41) is 23.6. The van der Waals surface area contributed by atoms with Gasteiger partial charge in [0.15, 0.2) is 0 Å². The Morgan fingerprint density at radius 2 is 1.88 bits per heavy atom. The molecular weight excluding hydrogens is 330 g/mol. The van der Waals surface area contributed by atoms with Gasteiger partial charge in [-0.05, 0) is 35.4 Å². The van der Waals surface area contributed by atoms with Crippen LogP contribution in [-0.4, -0.2) is 24.7 Å². The Labute approximate surface area is 147 Å². The maximum atomic E-state index is 12.5. The average molecular weight is 343 g/mol.